The molecule has 1 unspecified atom stereocenters. The minimum atomic E-state index is 0.193. The number of aromatic nitrogens is 1. The van der Waals surface area contributed by atoms with E-state index in [2.05, 4.69) is 11.9 Å². The minimum absolute atomic E-state index is 0.193. The van der Waals surface area contributed by atoms with Gasteiger partial charge in [0.25, 0.3) is 0 Å². The summed E-state index contributed by atoms with van der Waals surface area (Å²) in [4.78, 5) is 15.2. The molecule has 1 heterocycles. The fourth-order valence-electron chi connectivity index (χ4n) is 2.24. The molecule has 1 aliphatic carbocycles. The Morgan fingerprint density at radius 2 is 2.14 bits per heavy atom. The lowest BCUT2D eigenvalue weighted by atomic mass is 9.82. The Balaban J connectivity index is 2.08. The van der Waals surface area contributed by atoms with Crippen molar-refractivity contribution in [3.8, 4) is 0 Å². The minimum Gasteiger partial charge on any atom is -0.300 e. The van der Waals surface area contributed by atoms with Crippen LogP contribution < -0.4 is 0 Å². The molecule has 0 spiro atoms. The van der Waals surface area contributed by atoms with Crippen molar-refractivity contribution in [2.24, 2.45) is 5.41 Å². The molecule has 0 saturated heterocycles. The van der Waals surface area contributed by atoms with Gasteiger partial charge < -0.3 is 0 Å². The van der Waals surface area contributed by atoms with E-state index in [1.54, 1.807) is 0 Å². The second kappa shape index (κ2) is 3.52. The van der Waals surface area contributed by atoms with Crippen molar-refractivity contribution in [1.29, 1.82) is 0 Å². The maximum atomic E-state index is 11.2. The Kier molecular flexibility index (Phi) is 2.36. The molecule has 0 aliphatic heterocycles. The van der Waals surface area contributed by atoms with Gasteiger partial charge in [0.05, 0.1) is 0 Å². The molecule has 1 fully saturated rings. The average molecular weight is 189 g/mol. The highest BCUT2D eigenvalue weighted by atomic mass is 16.1. The summed E-state index contributed by atoms with van der Waals surface area (Å²) < 4.78 is 0. The van der Waals surface area contributed by atoms with Crippen LogP contribution in [-0.4, -0.2) is 10.8 Å². The van der Waals surface area contributed by atoms with Gasteiger partial charge in [-0.15, -0.1) is 0 Å². The normalized spacial score (nSPS) is 26.8. The maximum Gasteiger partial charge on any atom is 0.133 e. The predicted molar refractivity (Wildman–Crippen MR) is 54.9 cm³/mol. The summed E-state index contributed by atoms with van der Waals surface area (Å²) in [5.41, 5.74) is 1.48. The largest absolute Gasteiger partial charge is 0.300 e. The Morgan fingerprint density at radius 1 is 1.43 bits per heavy atom. The molecular weight excluding hydrogens is 174 g/mol. The molecular formula is C12H15NO. The van der Waals surface area contributed by atoms with Crippen LogP contribution in [0.1, 0.15) is 31.7 Å². The molecule has 0 N–H and O–H groups in total. The van der Waals surface area contributed by atoms with Crippen LogP contribution in [0.4, 0.5) is 0 Å². The molecule has 1 aliphatic rings. The molecule has 0 bridgehead atoms. The number of rotatable bonds is 2. The van der Waals surface area contributed by atoms with Gasteiger partial charge in [-0.2, -0.15) is 0 Å². The second-order valence-electron chi connectivity index (χ2n) is 4.56. The molecule has 2 rings (SSSR count). The van der Waals surface area contributed by atoms with E-state index in [0.717, 1.165) is 25.7 Å². The van der Waals surface area contributed by atoms with Crippen molar-refractivity contribution in [1.82, 2.24) is 4.98 Å². The zero-order valence-electron chi connectivity index (χ0n) is 8.49. The van der Waals surface area contributed by atoms with E-state index in [0.29, 0.717) is 5.78 Å². The number of ketones is 1. The summed E-state index contributed by atoms with van der Waals surface area (Å²) in [6, 6.07) is 4.07. The lowest BCUT2D eigenvalue weighted by Crippen LogP contribution is -2.15. The molecule has 74 valence electrons. The van der Waals surface area contributed by atoms with Crippen molar-refractivity contribution in [2.75, 3.05) is 0 Å². The van der Waals surface area contributed by atoms with E-state index in [-0.39, 0.29) is 5.41 Å². The highest BCUT2D eigenvalue weighted by Crippen LogP contribution is 2.38. The lowest BCUT2D eigenvalue weighted by Gasteiger charge is -2.22. The summed E-state index contributed by atoms with van der Waals surface area (Å²) >= 11 is 0. The lowest BCUT2D eigenvalue weighted by molar-refractivity contribution is -0.117. The smallest absolute Gasteiger partial charge is 0.133 e. The molecule has 0 radical (unpaired) electrons. The van der Waals surface area contributed by atoms with Gasteiger partial charge in [0.15, 0.2) is 0 Å². The highest BCUT2D eigenvalue weighted by Gasteiger charge is 2.33. The average Bonchev–Trinajstić information content (AvgIpc) is 2.47. The summed E-state index contributed by atoms with van der Waals surface area (Å²) in [5.74, 6) is 0.418. The van der Waals surface area contributed by atoms with Gasteiger partial charge in [0.1, 0.15) is 5.78 Å². The molecule has 0 amide bonds. The Hall–Kier alpha value is -1.18. The first-order chi connectivity index (χ1) is 6.68. The van der Waals surface area contributed by atoms with Gasteiger partial charge in [-0.05, 0) is 36.0 Å². The number of Topliss-reactive ketones (excluding diaryl/α,β-unsaturated/α-hetero) is 1. The highest BCUT2D eigenvalue weighted by molar-refractivity contribution is 5.81. The zero-order valence-corrected chi connectivity index (χ0v) is 8.49. The van der Waals surface area contributed by atoms with Crippen molar-refractivity contribution in [2.45, 2.75) is 32.6 Å². The van der Waals surface area contributed by atoms with E-state index in [1.165, 1.54) is 5.56 Å². The van der Waals surface area contributed by atoms with Crippen LogP contribution in [0.3, 0.4) is 0 Å². The number of carbonyl (C=O) groups is 1. The first-order valence-corrected chi connectivity index (χ1v) is 5.09. The van der Waals surface area contributed by atoms with Crippen molar-refractivity contribution in [3.05, 3.63) is 30.1 Å². The number of hydrogen-bond acceptors (Lipinski definition) is 2. The first-order valence-electron chi connectivity index (χ1n) is 5.09. The first kappa shape index (κ1) is 9.38. The van der Waals surface area contributed by atoms with Crippen LogP contribution in [0.15, 0.2) is 24.5 Å². The van der Waals surface area contributed by atoms with Gasteiger partial charge >= 0.3 is 0 Å². The van der Waals surface area contributed by atoms with Crippen LogP contribution in [0.5, 0.6) is 0 Å². The van der Waals surface area contributed by atoms with Gasteiger partial charge in [0.2, 0.25) is 0 Å². The van der Waals surface area contributed by atoms with Gasteiger partial charge in [-0.1, -0.05) is 6.92 Å². The Labute approximate surface area is 84.4 Å². The second-order valence-corrected chi connectivity index (χ2v) is 4.56. The third-order valence-electron chi connectivity index (χ3n) is 3.01. The van der Waals surface area contributed by atoms with Crippen molar-refractivity contribution >= 4 is 5.78 Å². The molecule has 1 atom stereocenters. The Morgan fingerprint density at radius 3 is 2.71 bits per heavy atom. The number of carbonyl (C=O) groups excluding carboxylic acids is 1. The van der Waals surface area contributed by atoms with Crippen LogP contribution in [0.2, 0.25) is 0 Å². The molecule has 0 aromatic carbocycles. The SMILES string of the molecule is CC1(Cc2ccncc2)CCC(=O)C1. The van der Waals surface area contributed by atoms with E-state index >= 15 is 0 Å². The van der Waals surface area contributed by atoms with E-state index in [9.17, 15) is 4.79 Å². The zero-order chi connectivity index (χ0) is 10.0. The van der Waals surface area contributed by atoms with Crippen LogP contribution in [0, 0.1) is 5.41 Å². The van der Waals surface area contributed by atoms with Crippen LogP contribution >= 0.6 is 0 Å². The number of pyridine rings is 1. The third-order valence-corrected chi connectivity index (χ3v) is 3.01. The standard InChI is InChI=1S/C12H15NO/c1-12(5-2-11(14)9-12)8-10-3-6-13-7-4-10/h3-4,6-7H,2,5,8-9H2,1H3. The van der Waals surface area contributed by atoms with Crippen molar-refractivity contribution in [3.63, 3.8) is 0 Å². The number of nitrogens with zero attached hydrogens (tertiary/aromatic N) is 1. The fraction of sp³-hybridized carbons (Fsp3) is 0.500. The summed E-state index contributed by atoms with van der Waals surface area (Å²) in [6.07, 6.45) is 7.18. The third kappa shape index (κ3) is 2.00. The van der Waals surface area contributed by atoms with Gasteiger partial charge in [-0.25, -0.2) is 0 Å². The van der Waals surface area contributed by atoms with Crippen molar-refractivity contribution < 1.29 is 4.79 Å². The monoisotopic (exact) mass is 189 g/mol. The summed E-state index contributed by atoms with van der Waals surface area (Å²) in [6.45, 7) is 2.21. The van der Waals surface area contributed by atoms with E-state index < -0.39 is 0 Å². The summed E-state index contributed by atoms with van der Waals surface area (Å²) in [5, 5.41) is 0. The molecule has 1 aromatic heterocycles. The molecule has 1 aromatic rings. The predicted octanol–water partition coefficient (Wildman–Crippen LogP) is 2.38. The molecule has 2 heteroatoms. The van der Waals surface area contributed by atoms with E-state index in [4.69, 9.17) is 0 Å². The van der Waals surface area contributed by atoms with Crippen LogP contribution in [0.25, 0.3) is 0 Å². The van der Waals surface area contributed by atoms with E-state index in [1.807, 2.05) is 24.5 Å². The van der Waals surface area contributed by atoms with Gasteiger partial charge in [-0.3, -0.25) is 9.78 Å². The Bertz CT molecular complexity index is 333. The number of hydrogen-bond donors (Lipinski definition) is 0. The van der Waals surface area contributed by atoms with Crippen LogP contribution in [-0.2, 0) is 11.2 Å². The topological polar surface area (TPSA) is 30.0 Å². The molecule has 1 saturated carbocycles. The molecule has 2 nitrogen and oxygen atoms in total. The van der Waals surface area contributed by atoms with Gasteiger partial charge in [0, 0.05) is 25.2 Å². The fourth-order valence-corrected chi connectivity index (χ4v) is 2.24. The molecule has 14 heavy (non-hydrogen) atoms. The summed E-state index contributed by atoms with van der Waals surface area (Å²) in [7, 11) is 0. The maximum absolute atomic E-state index is 11.2. The quantitative estimate of drug-likeness (QED) is 0.715.